The second-order valence-electron chi connectivity index (χ2n) is 5.66. The molecule has 0 radical (unpaired) electrons. The lowest BCUT2D eigenvalue weighted by Crippen LogP contribution is -2.59. The summed E-state index contributed by atoms with van der Waals surface area (Å²) < 4.78 is 0. The standard InChI is InChI=1S/C16H20N2O2/c1-2-13-14(19)17-10-11-18(13)15(20)16(8-9-16)12-6-4-3-5-7-12/h3-7,13H,2,8-11H2,1H3,(H,17,19). The molecule has 2 amide bonds. The minimum atomic E-state index is -0.369. The van der Waals surface area contributed by atoms with Gasteiger partial charge in [0.25, 0.3) is 0 Å². The number of nitrogens with one attached hydrogen (secondary N) is 1. The van der Waals surface area contributed by atoms with Crippen molar-refractivity contribution >= 4 is 11.8 Å². The Bertz CT molecular complexity index is 523. The molecule has 0 aromatic heterocycles. The van der Waals surface area contributed by atoms with Crippen LogP contribution < -0.4 is 5.32 Å². The summed E-state index contributed by atoms with van der Waals surface area (Å²) >= 11 is 0. The van der Waals surface area contributed by atoms with Crippen LogP contribution in [0.5, 0.6) is 0 Å². The van der Waals surface area contributed by atoms with Gasteiger partial charge in [-0.05, 0) is 24.8 Å². The lowest BCUT2D eigenvalue weighted by Gasteiger charge is -2.37. The first-order valence-corrected chi connectivity index (χ1v) is 7.33. The number of hydrogen-bond acceptors (Lipinski definition) is 2. The highest BCUT2D eigenvalue weighted by Gasteiger charge is 2.54. The van der Waals surface area contributed by atoms with Crippen molar-refractivity contribution in [2.45, 2.75) is 37.6 Å². The van der Waals surface area contributed by atoms with E-state index in [9.17, 15) is 9.59 Å². The molecule has 1 aliphatic carbocycles. The van der Waals surface area contributed by atoms with Gasteiger partial charge in [-0.3, -0.25) is 9.59 Å². The van der Waals surface area contributed by atoms with Crippen LogP contribution in [0.3, 0.4) is 0 Å². The molecule has 0 spiro atoms. The number of amides is 2. The van der Waals surface area contributed by atoms with Crippen LogP contribution >= 0.6 is 0 Å². The molecule has 106 valence electrons. The quantitative estimate of drug-likeness (QED) is 0.905. The van der Waals surface area contributed by atoms with E-state index in [-0.39, 0.29) is 23.3 Å². The van der Waals surface area contributed by atoms with E-state index in [1.54, 1.807) is 4.90 Å². The van der Waals surface area contributed by atoms with Crippen LogP contribution in [0.2, 0.25) is 0 Å². The van der Waals surface area contributed by atoms with E-state index < -0.39 is 0 Å². The fourth-order valence-corrected chi connectivity index (χ4v) is 3.15. The van der Waals surface area contributed by atoms with Gasteiger partial charge < -0.3 is 10.2 Å². The zero-order valence-corrected chi connectivity index (χ0v) is 11.8. The van der Waals surface area contributed by atoms with Crippen molar-refractivity contribution in [3.63, 3.8) is 0 Å². The average Bonchev–Trinajstić information content (AvgIpc) is 3.29. The normalized spacial score (nSPS) is 24.1. The molecule has 1 saturated heterocycles. The fraction of sp³-hybridized carbons (Fsp3) is 0.500. The maximum Gasteiger partial charge on any atom is 0.242 e. The number of carbonyl (C=O) groups excluding carboxylic acids is 2. The highest BCUT2D eigenvalue weighted by Crippen LogP contribution is 2.49. The molecule has 1 N–H and O–H groups in total. The Balaban J connectivity index is 1.87. The summed E-state index contributed by atoms with van der Waals surface area (Å²) in [6, 6.07) is 9.66. The predicted octanol–water partition coefficient (Wildman–Crippen LogP) is 1.46. The first-order valence-electron chi connectivity index (χ1n) is 7.33. The molecule has 1 aromatic rings. The summed E-state index contributed by atoms with van der Waals surface area (Å²) in [6.45, 7) is 3.14. The van der Waals surface area contributed by atoms with Crippen LogP contribution in [0.4, 0.5) is 0 Å². The van der Waals surface area contributed by atoms with Gasteiger partial charge in [0.2, 0.25) is 11.8 Å². The van der Waals surface area contributed by atoms with Gasteiger partial charge in [-0.1, -0.05) is 37.3 Å². The van der Waals surface area contributed by atoms with Crippen molar-refractivity contribution in [2.75, 3.05) is 13.1 Å². The van der Waals surface area contributed by atoms with Gasteiger partial charge >= 0.3 is 0 Å². The maximum absolute atomic E-state index is 12.9. The number of hydrogen-bond donors (Lipinski definition) is 1. The van der Waals surface area contributed by atoms with Crippen molar-refractivity contribution in [3.05, 3.63) is 35.9 Å². The molecular weight excluding hydrogens is 252 g/mol. The SMILES string of the molecule is CCC1C(=O)NCCN1C(=O)C1(c2ccccc2)CC1. The molecule has 1 saturated carbocycles. The van der Waals surface area contributed by atoms with Crippen LogP contribution in [0.25, 0.3) is 0 Å². The molecule has 1 aromatic carbocycles. The number of nitrogens with zero attached hydrogens (tertiary/aromatic N) is 1. The van der Waals surface area contributed by atoms with Gasteiger partial charge in [0.05, 0.1) is 5.41 Å². The summed E-state index contributed by atoms with van der Waals surface area (Å²) in [4.78, 5) is 26.7. The molecular formula is C16H20N2O2. The molecule has 0 bridgehead atoms. The Morgan fingerprint density at radius 3 is 2.65 bits per heavy atom. The smallest absolute Gasteiger partial charge is 0.242 e. The average molecular weight is 272 g/mol. The Morgan fingerprint density at radius 2 is 2.05 bits per heavy atom. The Labute approximate surface area is 119 Å². The Hall–Kier alpha value is -1.84. The minimum Gasteiger partial charge on any atom is -0.353 e. The van der Waals surface area contributed by atoms with Gasteiger partial charge in [-0.25, -0.2) is 0 Å². The molecule has 2 aliphatic rings. The van der Waals surface area contributed by atoms with Crippen molar-refractivity contribution in [1.29, 1.82) is 0 Å². The molecule has 1 atom stereocenters. The monoisotopic (exact) mass is 272 g/mol. The first-order chi connectivity index (χ1) is 9.69. The molecule has 2 fully saturated rings. The summed E-state index contributed by atoms with van der Waals surface area (Å²) in [5.41, 5.74) is 0.720. The van der Waals surface area contributed by atoms with E-state index in [0.29, 0.717) is 19.5 Å². The summed E-state index contributed by atoms with van der Waals surface area (Å²) in [6.07, 6.45) is 2.46. The van der Waals surface area contributed by atoms with Gasteiger partial charge in [-0.2, -0.15) is 0 Å². The summed E-state index contributed by atoms with van der Waals surface area (Å²) in [5.74, 6) is 0.112. The lowest BCUT2D eigenvalue weighted by molar-refractivity contribution is -0.145. The van der Waals surface area contributed by atoms with Crippen molar-refractivity contribution in [2.24, 2.45) is 0 Å². The topological polar surface area (TPSA) is 49.4 Å². The third kappa shape index (κ3) is 1.99. The van der Waals surface area contributed by atoms with E-state index >= 15 is 0 Å². The van der Waals surface area contributed by atoms with Gasteiger partial charge in [0, 0.05) is 13.1 Å². The predicted molar refractivity (Wildman–Crippen MR) is 76.2 cm³/mol. The maximum atomic E-state index is 12.9. The zero-order chi connectivity index (χ0) is 14.2. The third-order valence-corrected chi connectivity index (χ3v) is 4.46. The summed E-state index contributed by atoms with van der Waals surface area (Å²) in [7, 11) is 0. The van der Waals surface area contributed by atoms with E-state index in [4.69, 9.17) is 0 Å². The molecule has 4 nitrogen and oxygen atoms in total. The number of rotatable bonds is 3. The van der Waals surface area contributed by atoms with E-state index in [1.807, 2.05) is 37.3 Å². The van der Waals surface area contributed by atoms with E-state index in [1.165, 1.54) is 0 Å². The van der Waals surface area contributed by atoms with Gasteiger partial charge in [-0.15, -0.1) is 0 Å². The molecule has 1 heterocycles. The Morgan fingerprint density at radius 1 is 1.35 bits per heavy atom. The molecule has 20 heavy (non-hydrogen) atoms. The van der Waals surface area contributed by atoms with Crippen LogP contribution in [0.15, 0.2) is 30.3 Å². The summed E-state index contributed by atoms with van der Waals surface area (Å²) in [5, 5.41) is 2.85. The van der Waals surface area contributed by atoms with Gasteiger partial charge in [0.15, 0.2) is 0 Å². The number of carbonyl (C=O) groups is 2. The molecule has 4 heteroatoms. The van der Waals surface area contributed by atoms with Crippen LogP contribution in [-0.4, -0.2) is 35.8 Å². The largest absolute Gasteiger partial charge is 0.353 e. The number of piperazine rings is 1. The Kier molecular flexibility index (Phi) is 3.24. The fourth-order valence-electron chi connectivity index (χ4n) is 3.15. The van der Waals surface area contributed by atoms with Crippen LogP contribution in [0, 0.1) is 0 Å². The number of benzene rings is 1. The molecule has 1 unspecified atom stereocenters. The molecule has 3 rings (SSSR count). The van der Waals surface area contributed by atoms with Crippen molar-refractivity contribution in [3.8, 4) is 0 Å². The highest BCUT2D eigenvalue weighted by atomic mass is 16.2. The van der Waals surface area contributed by atoms with Crippen LogP contribution in [0.1, 0.15) is 31.7 Å². The third-order valence-electron chi connectivity index (χ3n) is 4.46. The van der Waals surface area contributed by atoms with Crippen LogP contribution in [-0.2, 0) is 15.0 Å². The second-order valence-corrected chi connectivity index (χ2v) is 5.66. The first kappa shape index (κ1) is 13.2. The van der Waals surface area contributed by atoms with E-state index in [0.717, 1.165) is 18.4 Å². The van der Waals surface area contributed by atoms with Gasteiger partial charge in [0.1, 0.15) is 6.04 Å². The second kappa shape index (κ2) is 4.93. The molecule has 1 aliphatic heterocycles. The lowest BCUT2D eigenvalue weighted by atomic mass is 9.93. The highest BCUT2D eigenvalue weighted by molar-refractivity contribution is 5.95. The minimum absolute atomic E-state index is 0.0176. The van der Waals surface area contributed by atoms with Crippen molar-refractivity contribution in [1.82, 2.24) is 10.2 Å². The van der Waals surface area contributed by atoms with Crippen molar-refractivity contribution < 1.29 is 9.59 Å². The zero-order valence-electron chi connectivity index (χ0n) is 11.8. The van der Waals surface area contributed by atoms with E-state index in [2.05, 4.69) is 5.32 Å².